The largest absolute Gasteiger partial charge is 0.0827 e. The first-order valence-corrected chi connectivity index (χ1v) is 4.89. The van der Waals surface area contributed by atoms with Gasteiger partial charge >= 0.3 is 0 Å². The van der Waals surface area contributed by atoms with E-state index in [-0.39, 0.29) is 0 Å². The van der Waals surface area contributed by atoms with Crippen LogP contribution in [0.25, 0.3) is 0 Å². The highest BCUT2D eigenvalue weighted by atomic mass is 35.5. The summed E-state index contributed by atoms with van der Waals surface area (Å²) in [7, 11) is 0. The Balaban J connectivity index is 2.38. The Labute approximate surface area is 82.5 Å². The lowest BCUT2D eigenvalue weighted by Gasteiger charge is -2.03. The van der Waals surface area contributed by atoms with Crippen LogP contribution in [0.2, 0.25) is 10.0 Å². The van der Waals surface area contributed by atoms with Gasteiger partial charge in [0, 0.05) is 0 Å². The molecule has 12 heavy (non-hydrogen) atoms. The predicted molar refractivity (Wildman–Crippen MR) is 53.0 cm³/mol. The summed E-state index contributed by atoms with van der Waals surface area (Å²) >= 11 is 12.0. The average molecular weight is 201 g/mol. The minimum absolute atomic E-state index is 0.649. The summed E-state index contributed by atoms with van der Waals surface area (Å²) in [4.78, 5) is 0. The van der Waals surface area contributed by atoms with Crippen molar-refractivity contribution in [3.05, 3.63) is 33.8 Å². The van der Waals surface area contributed by atoms with E-state index in [2.05, 4.69) is 13.0 Å². The maximum absolute atomic E-state index is 6.06. The van der Waals surface area contributed by atoms with E-state index in [1.807, 2.05) is 12.1 Å². The molecule has 0 bridgehead atoms. The molecule has 0 spiro atoms. The summed E-state index contributed by atoms with van der Waals surface area (Å²) in [6.45, 7) is 2.24. The van der Waals surface area contributed by atoms with Crippen molar-refractivity contribution >= 4 is 23.2 Å². The van der Waals surface area contributed by atoms with Crippen molar-refractivity contribution < 1.29 is 0 Å². The first kappa shape index (κ1) is 8.40. The summed E-state index contributed by atoms with van der Waals surface area (Å²) < 4.78 is 0. The molecule has 1 fully saturated rings. The highest BCUT2D eigenvalue weighted by molar-refractivity contribution is 6.42. The molecule has 1 saturated carbocycles. The fraction of sp³-hybridized carbons (Fsp3) is 0.400. The second-order valence-electron chi connectivity index (χ2n) is 3.46. The molecule has 1 aromatic carbocycles. The third-order valence-electron chi connectivity index (χ3n) is 2.49. The lowest BCUT2D eigenvalue weighted by molar-refractivity contribution is 0.915. The van der Waals surface area contributed by atoms with Gasteiger partial charge in [-0.1, -0.05) is 42.3 Å². The molecular weight excluding hydrogens is 191 g/mol. The van der Waals surface area contributed by atoms with Gasteiger partial charge in [0.1, 0.15) is 0 Å². The molecule has 0 N–H and O–H groups in total. The first-order valence-electron chi connectivity index (χ1n) is 4.14. The van der Waals surface area contributed by atoms with Crippen LogP contribution in [0.3, 0.4) is 0 Å². The number of hydrogen-bond donors (Lipinski definition) is 0. The van der Waals surface area contributed by atoms with E-state index >= 15 is 0 Å². The van der Waals surface area contributed by atoms with Gasteiger partial charge in [0.25, 0.3) is 0 Å². The normalized spacial score (nSPS) is 27.2. The smallest absolute Gasteiger partial charge is 0.0627 e. The molecule has 0 heterocycles. The Kier molecular flexibility index (Phi) is 2.05. The molecule has 2 rings (SSSR count). The summed E-state index contributed by atoms with van der Waals surface area (Å²) in [6, 6.07) is 5.87. The van der Waals surface area contributed by atoms with Crippen molar-refractivity contribution in [3.63, 3.8) is 0 Å². The van der Waals surface area contributed by atoms with E-state index in [0.717, 1.165) is 10.9 Å². The van der Waals surface area contributed by atoms with Crippen LogP contribution < -0.4 is 0 Å². The van der Waals surface area contributed by atoms with Gasteiger partial charge in [0.15, 0.2) is 0 Å². The van der Waals surface area contributed by atoms with Crippen LogP contribution in [-0.4, -0.2) is 0 Å². The third kappa shape index (κ3) is 1.34. The van der Waals surface area contributed by atoms with Crippen LogP contribution in [0.1, 0.15) is 24.8 Å². The average Bonchev–Trinajstić information content (AvgIpc) is 2.73. The van der Waals surface area contributed by atoms with E-state index in [0.29, 0.717) is 10.9 Å². The van der Waals surface area contributed by atoms with Crippen LogP contribution in [0.15, 0.2) is 18.2 Å². The fourth-order valence-electron chi connectivity index (χ4n) is 1.56. The summed E-state index contributed by atoms with van der Waals surface area (Å²) in [6.07, 6.45) is 1.25. The van der Waals surface area contributed by atoms with E-state index in [1.54, 1.807) is 0 Å². The molecule has 2 unspecified atom stereocenters. The molecular formula is C10H10Cl2. The van der Waals surface area contributed by atoms with Crippen LogP contribution in [-0.2, 0) is 0 Å². The Morgan fingerprint density at radius 2 is 2.00 bits per heavy atom. The molecule has 0 aliphatic heterocycles. The summed E-state index contributed by atoms with van der Waals surface area (Å²) in [5.74, 6) is 1.43. The maximum atomic E-state index is 6.06. The summed E-state index contributed by atoms with van der Waals surface area (Å²) in [5.41, 5.74) is 1.22. The molecule has 0 amide bonds. The third-order valence-corrected chi connectivity index (χ3v) is 3.32. The summed E-state index contributed by atoms with van der Waals surface area (Å²) in [5, 5.41) is 1.42. The van der Waals surface area contributed by atoms with Crippen LogP contribution in [0.4, 0.5) is 0 Å². The molecule has 0 saturated heterocycles. The molecule has 0 nitrogen and oxygen atoms in total. The second kappa shape index (κ2) is 2.93. The van der Waals surface area contributed by atoms with Gasteiger partial charge < -0.3 is 0 Å². The lowest BCUT2D eigenvalue weighted by atomic mass is 10.1. The quantitative estimate of drug-likeness (QED) is 0.641. The van der Waals surface area contributed by atoms with Crippen molar-refractivity contribution in [2.75, 3.05) is 0 Å². The number of rotatable bonds is 1. The highest BCUT2D eigenvalue weighted by Gasteiger charge is 2.35. The first-order chi connectivity index (χ1) is 5.70. The zero-order valence-corrected chi connectivity index (χ0v) is 8.36. The van der Waals surface area contributed by atoms with Crippen LogP contribution in [0, 0.1) is 5.92 Å². The molecule has 0 radical (unpaired) electrons. The van der Waals surface area contributed by atoms with Gasteiger partial charge in [0.2, 0.25) is 0 Å². The lowest BCUT2D eigenvalue weighted by Crippen LogP contribution is -1.83. The Hall–Kier alpha value is -0.200. The molecule has 2 atom stereocenters. The number of hydrogen-bond acceptors (Lipinski definition) is 0. The van der Waals surface area contributed by atoms with Crippen molar-refractivity contribution in [2.24, 2.45) is 5.92 Å². The van der Waals surface area contributed by atoms with Gasteiger partial charge in [-0.05, 0) is 29.9 Å². The molecule has 1 aliphatic rings. The molecule has 0 aromatic heterocycles. The van der Waals surface area contributed by atoms with E-state index in [4.69, 9.17) is 23.2 Å². The monoisotopic (exact) mass is 200 g/mol. The standard InChI is InChI=1S/C10H10Cl2/c1-6-5-8(6)7-3-2-4-9(11)10(7)12/h2-4,6,8H,5H2,1H3. The maximum Gasteiger partial charge on any atom is 0.0627 e. The Bertz CT molecular complexity index is 307. The van der Waals surface area contributed by atoms with E-state index in [9.17, 15) is 0 Å². The Morgan fingerprint density at radius 1 is 1.33 bits per heavy atom. The topological polar surface area (TPSA) is 0 Å². The predicted octanol–water partition coefficient (Wildman–Crippen LogP) is 4.12. The number of halogens is 2. The van der Waals surface area contributed by atoms with Gasteiger partial charge in [-0.15, -0.1) is 0 Å². The molecule has 2 heteroatoms. The zero-order chi connectivity index (χ0) is 8.72. The van der Waals surface area contributed by atoms with Crippen molar-refractivity contribution in [3.8, 4) is 0 Å². The Morgan fingerprint density at radius 3 is 2.58 bits per heavy atom. The molecule has 64 valence electrons. The van der Waals surface area contributed by atoms with Gasteiger partial charge in [-0.3, -0.25) is 0 Å². The van der Waals surface area contributed by atoms with Gasteiger partial charge in [-0.2, -0.15) is 0 Å². The molecule has 1 aliphatic carbocycles. The van der Waals surface area contributed by atoms with E-state index in [1.165, 1.54) is 12.0 Å². The van der Waals surface area contributed by atoms with Crippen molar-refractivity contribution in [1.29, 1.82) is 0 Å². The number of benzene rings is 1. The van der Waals surface area contributed by atoms with E-state index < -0.39 is 0 Å². The zero-order valence-electron chi connectivity index (χ0n) is 6.85. The van der Waals surface area contributed by atoms with Gasteiger partial charge in [0.05, 0.1) is 10.0 Å². The van der Waals surface area contributed by atoms with Crippen molar-refractivity contribution in [2.45, 2.75) is 19.3 Å². The highest BCUT2D eigenvalue weighted by Crippen LogP contribution is 2.50. The van der Waals surface area contributed by atoms with Crippen LogP contribution >= 0.6 is 23.2 Å². The minimum Gasteiger partial charge on any atom is -0.0827 e. The molecule has 1 aromatic rings. The van der Waals surface area contributed by atoms with Crippen molar-refractivity contribution in [1.82, 2.24) is 0 Å². The van der Waals surface area contributed by atoms with Crippen LogP contribution in [0.5, 0.6) is 0 Å². The van der Waals surface area contributed by atoms with Gasteiger partial charge in [-0.25, -0.2) is 0 Å². The fourth-order valence-corrected chi connectivity index (χ4v) is 2.01. The SMILES string of the molecule is CC1CC1c1cccc(Cl)c1Cl. The second-order valence-corrected chi connectivity index (χ2v) is 4.25. The minimum atomic E-state index is 0.649.